The second-order valence-electron chi connectivity index (χ2n) is 6.74. The third-order valence-electron chi connectivity index (χ3n) is 3.70. The Morgan fingerprint density at radius 2 is 1.62 bits per heavy atom. The molecule has 7 heteroatoms. The molecule has 0 bridgehead atoms. The van der Waals surface area contributed by atoms with Crippen molar-refractivity contribution in [3.8, 4) is 5.75 Å². The molecule has 0 spiro atoms. The van der Waals surface area contributed by atoms with E-state index >= 15 is 0 Å². The molecule has 24 heavy (non-hydrogen) atoms. The second kappa shape index (κ2) is 6.90. The molecule has 3 N–H and O–H groups in total. The number of nitrogens with one attached hydrogen (secondary N) is 2. The van der Waals surface area contributed by atoms with Crippen molar-refractivity contribution >= 4 is 17.8 Å². The summed E-state index contributed by atoms with van der Waals surface area (Å²) in [6.07, 6.45) is 0. The van der Waals surface area contributed by atoms with Gasteiger partial charge < -0.3 is 20.6 Å². The molecule has 7 nitrogen and oxygen atoms in total. The Bertz CT molecular complexity index is 688. The van der Waals surface area contributed by atoms with E-state index < -0.39 is 0 Å². The number of nitrogens with zero attached hydrogens (tertiary/aromatic N) is 4. The van der Waals surface area contributed by atoms with Gasteiger partial charge >= 0.3 is 0 Å². The number of phenolic OH excluding ortho intramolecular Hbond substituents is 1. The van der Waals surface area contributed by atoms with Crippen LogP contribution in [-0.4, -0.2) is 41.2 Å². The largest absolute Gasteiger partial charge is 0.508 e. The van der Waals surface area contributed by atoms with Crippen LogP contribution in [0.25, 0.3) is 0 Å². The number of hydrogen-bond acceptors (Lipinski definition) is 7. The summed E-state index contributed by atoms with van der Waals surface area (Å²) in [4.78, 5) is 14.9. The normalized spacial score (nSPS) is 11.2. The van der Waals surface area contributed by atoms with Crippen LogP contribution in [0.5, 0.6) is 5.75 Å². The molecule has 0 atom stereocenters. The summed E-state index contributed by atoms with van der Waals surface area (Å²) < 4.78 is 0. The van der Waals surface area contributed by atoms with E-state index in [2.05, 4.69) is 46.4 Å². The molecular weight excluding hydrogens is 304 g/mol. The van der Waals surface area contributed by atoms with Crippen LogP contribution in [0.1, 0.15) is 31.9 Å². The van der Waals surface area contributed by atoms with Crippen LogP contribution >= 0.6 is 0 Å². The van der Waals surface area contributed by atoms with Crippen LogP contribution in [0, 0.1) is 0 Å². The SMILES string of the molecule is CNc1nc(NC)nc(N(C)Cc2ccc(O)c(C(C)(C)C)c2)n1. The number of anilines is 3. The Kier molecular flexibility index (Phi) is 5.11. The minimum atomic E-state index is -0.121. The highest BCUT2D eigenvalue weighted by Crippen LogP contribution is 2.31. The van der Waals surface area contributed by atoms with E-state index in [1.165, 1.54) is 0 Å². The molecule has 2 aromatic rings. The summed E-state index contributed by atoms with van der Waals surface area (Å²) in [5, 5.41) is 16.0. The lowest BCUT2D eigenvalue weighted by Crippen LogP contribution is -2.21. The molecule has 0 radical (unpaired) electrons. The molecule has 0 amide bonds. The van der Waals surface area contributed by atoms with Gasteiger partial charge in [0.05, 0.1) is 0 Å². The molecule has 2 rings (SSSR count). The van der Waals surface area contributed by atoms with Gasteiger partial charge in [-0.15, -0.1) is 0 Å². The summed E-state index contributed by atoms with van der Waals surface area (Å²) in [6, 6.07) is 5.69. The van der Waals surface area contributed by atoms with E-state index in [-0.39, 0.29) is 5.41 Å². The van der Waals surface area contributed by atoms with Crippen molar-refractivity contribution in [3.05, 3.63) is 29.3 Å². The highest BCUT2D eigenvalue weighted by Gasteiger charge is 2.19. The van der Waals surface area contributed by atoms with Crippen LogP contribution in [-0.2, 0) is 12.0 Å². The molecule has 0 saturated heterocycles. The number of phenols is 1. The molecule has 130 valence electrons. The summed E-state index contributed by atoms with van der Waals surface area (Å²) in [5.74, 6) is 1.92. The third kappa shape index (κ3) is 4.04. The molecule has 0 unspecified atom stereocenters. The smallest absolute Gasteiger partial charge is 0.231 e. The standard InChI is InChI=1S/C17H26N6O/c1-17(2,3)12-9-11(7-8-13(12)24)10-23(6)16-21-14(18-4)20-15(19-5)22-16/h7-9,24H,10H2,1-6H3,(H2,18,19,20,21,22). The maximum atomic E-state index is 10.1. The summed E-state index contributed by atoms with van der Waals surface area (Å²) in [5.41, 5.74) is 1.89. The van der Waals surface area contributed by atoms with Crippen LogP contribution in [0.15, 0.2) is 18.2 Å². The predicted molar refractivity (Wildman–Crippen MR) is 97.8 cm³/mol. The van der Waals surface area contributed by atoms with Crippen molar-refractivity contribution in [2.24, 2.45) is 0 Å². The zero-order chi connectivity index (χ0) is 17.9. The molecule has 1 aromatic carbocycles. The first-order valence-corrected chi connectivity index (χ1v) is 7.89. The fourth-order valence-corrected chi connectivity index (χ4v) is 2.39. The summed E-state index contributed by atoms with van der Waals surface area (Å²) >= 11 is 0. The monoisotopic (exact) mass is 330 g/mol. The minimum Gasteiger partial charge on any atom is -0.508 e. The van der Waals surface area contributed by atoms with Gasteiger partial charge in [-0.2, -0.15) is 15.0 Å². The highest BCUT2D eigenvalue weighted by molar-refractivity contribution is 5.45. The van der Waals surface area contributed by atoms with Gasteiger partial charge in [0.1, 0.15) is 5.75 Å². The Hall–Kier alpha value is -2.57. The van der Waals surface area contributed by atoms with E-state index in [4.69, 9.17) is 0 Å². The molecule has 0 fully saturated rings. The molecule has 0 aliphatic carbocycles. The molecule has 0 aliphatic heterocycles. The van der Waals surface area contributed by atoms with Crippen molar-refractivity contribution in [1.82, 2.24) is 15.0 Å². The Balaban J connectivity index is 2.28. The molecule has 0 aliphatic rings. The average molecular weight is 330 g/mol. The third-order valence-corrected chi connectivity index (χ3v) is 3.70. The number of rotatable bonds is 5. The van der Waals surface area contributed by atoms with E-state index in [0.717, 1.165) is 11.1 Å². The molecular formula is C17H26N6O. The van der Waals surface area contributed by atoms with Crippen LogP contribution in [0.4, 0.5) is 17.8 Å². The van der Waals surface area contributed by atoms with Crippen molar-refractivity contribution in [3.63, 3.8) is 0 Å². The van der Waals surface area contributed by atoms with E-state index in [0.29, 0.717) is 30.1 Å². The molecule has 1 aromatic heterocycles. The molecule has 0 saturated carbocycles. The van der Waals surface area contributed by atoms with Gasteiger partial charge in [-0.1, -0.05) is 26.8 Å². The molecule has 1 heterocycles. The quantitative estimate of drug-likeness (QED) is 0.777. The van der Waals surface area contributed by atoms with Gasteiger partial charge in [0.2, 0.25) is 17.8 Å². The number of hydrogen-bond donors (Lipinski definition) is 3. The summed E-state index contributed by atoms with van der Waals surface area (Å²) in [7, 11) is 5.47. The minimum absolute atomic E-state index is 0.121. The zero-order valence-corrected chi connectivity index (χ0v) is 15.2. The van der Waals surface area contributed by atoms with Gasteiger partial charge in [-0.25, -0.2) is 0 Å². The van der Waals surface area contributed by atoms with Gasteiger partial charge in [0.25, 0.3) is 0 Å². The fourth-order valence-electron chi connectivity index (χ4n) is 2.39. The zero-order valence-electron chi connectivity index (χ0n) is 15.2. The lowest BCUT2D eigenvalue weighted by Gasteiger charge is -2.23. The first-order valence-electron chi connectivity index (χ1n) is 7.89. The Labute approximate surface area is 143 Å². The maximum Gasteiger partial charge on any atom is 0.231 e. The first kappa shape index (κ1) is 17.8. The van der Waals surface area contributed by atoms with Crippen molar-refractivity contribution in [2.45, 2.75) is 32.7 Å². The van der Waals surface area contributed by atoms with Crippen LogP contribution < -0.4 is 15.5 Å². The van der Waals surface area contributed by atoms with Gasteiger partial charge in [0.15, 0.2) is 0 Å². The average Bonchev–Trinajstić information content (AvgIpc) is 2.54. The Morgan fingerprint density at radius 1 is 1.04 bits per heavy atom. The predicted octanol–water partition coefficient (Wildman–Crippen LogP) is 2.59. The van der Waals surface area contributed by atoms with Gasteiger partial charge in [-0.05, 0) is 28.7 Å². The number of aromatic hydroxyl groups is 1. The Morgan fingerprint density at radius 3 is 2.12 bits per heavy atom. The van der Waals surface area contributed by atoms with Crippen molar-refractivity contribution in [2.75, 3.05) is 36.7 Å². The van der Waals surface area contributed by atoms with Crippen molar-refractivity contribution in [1.29, 1.82) is 0 Å². The second-order valence-corrected chi connectivity index (χ2v) is 6.74. The van der Waals surface area contributed by atoms with Crippen molar-refractivity contribution < 1.29 is 5.11 Å². The van der Waals surface area contributed by atoms with Crippen LogP contribution in [0.3, 0.4) is 0 Å². The number of benzene rings is 1. The van der Waals surface area contributed by atoms with Gasteiger partial charge in [0, 0.05) is 27.7 Å². The van der Waals surface area contributed by atoms with Crippen LogP contribution in [0.2, 0.25) is 0 Å². The number of aromatic nitrogens is 3. The lowest BCUT2D eigenvalue weighted by molar-refractivity contribution is 0.446. The highest BCUT2D eigenvalue weighted by atomic mass is 16.3. The lowest BCUT2D eigenvalue weighted by atomic mass is 9.85. The van der Waals surface area contributed by atoms with E-state index in [1.54, 1.807) is 20.2 Å². The topological polar surface area (TPSA) is 86.2 Å². The van der Waals surface area contributed by atoms with Gasteiger partial charge in [-0.3, -0.25) is 0 Å². The fraction of sp³-hybridized carbons (Fsp3) is 0.471. The van der Waals surface area contributed by atoms with E-state index in [1.807, 2.05) is 24.1 Å². The summed E-state index contributed by atoms with van der Waals surface area (Å²) in [6.45, 7) is 6.87. The first-order chi connectivity index (χ1) is 11.2. The van der Waals surface area contributed by atoms with E-state index in [9.17, 15) is 5.11 Å². The maximum absolute atomic E-state index is 10.1.